The number of carbonyl (C=O) groups is 1. The molecule has 0 aliphatic heterocycles. The van der Waals surface area contributed by atoms with E-state index in [9.17, 15) is 4.79 Å². The van der Waals surface area contributed by atoms with Gasteiger partial charge in [-0.1, -0.05) is 26.8 Å². The summed E-state index contributed by atoms with van der Waals surface area (Å²) in [4.78, 5) is 12.4. The summed E-state index contributed by atoms with van der Waals surface area (Å²) in [6, 6.07) is 4.53. The quantitative estimate of drug-likeness (QED) is 0.773. The monoisotopic (exact) mass is 286 g/mol. The summed E-state index contributed by atoms with van der Waals surface area (Å²) in [6.07, 6.45) is 3.87. The van der Waals surface area contributed by atoms with Gasteiger partial charge in [-0.15, -0.1) is 0 Å². The zero-order valence-corrected chi connectivity index (χ0v) is 13.9. The number of benzene rings is 1. The van der Waals surface area contributed by atoms with Gasteiger partial charge in [-0.2, -0.15) is 0 Å². The van der Waals surface area contributed by atoms with Gasteiger partial charge in [0.05, 0.1) is 7.11 Å². The lowest BCUT2D eigenvalue weighted by Gasteiger charge is -2.53. The molecule has 0 aromatic heterocycles. The van der Waals surface area contributed by atoms with Crippen LogP contribution in [0.2, 0.25) is 0 Å². The molecule has 0 amide bonds. The molecule has 0 N–H and O–H groups in total. The molecule has 0 bridgehead atoms. The van der Waals surface area contributed by atoms with E-state index in [4.69, 9.17) is 4.74 Å². The fraction of sp³-hybridized carbons (Fsp3) is 0.632. The summed E-state index contributed by atoms with van der Waals surface area (Å²) < 4.78 is 5.54. The molecule has 1 aromatic carbocycles. The summed E-state index contributed by atoms with van der Waals surface area (Å²) in [5, 5.41) is 0. The van der Waals surface area contributed by atoms with Crippen LogP contribution in [-0.2, 0) is 16.6 Å². The number of carbonyl (C=O) groups excluding carboxylic acids is 1. The van der Waals surface area contributed by atoms with Crippen molar-refractivity contribution >= 4 is 5.78 Å². The van der Waals surface area contributed by atoms with E-state index in [1.54, 1.807) is 7.11 Å². The Balaban J connectivity index is 2.15. The van der Waals surface area contributed by atoms with Crippen LogP contribution in [0.15, 0.2) is 12.1 Å². The summed E-state index contributed by atoms with van der Waals surface area (Å²) >= 11 is 0. The maximum atomic E-state index is 12.4. The molecule has 2 aliphatic rings. The predicted octanol–water partition coefficient (Wildman–Crippen LogP) is 4.21. The molecule has 0 spiro atoms. The van der Waals surface area contributed by atoms with Gasteiger partial charge in [0, 0.05) is 11.8 Å². The van der Waals surface area contributed by atoms with Crippen molar-refractivity contribution < 1.29 is 9.53 Å². The first-order valence-corrected chi connectivity index (χ1v) is 8.02. The van der Waals surface area contributed by atoms with E-state index in [1.807, 2.05) is 0 Å². The van der Waals surface area contributed by atoms with Gasteiger partial charge >= 0.3 is 0 Å². The van der Waals surface area contributed by atoms with Gasteiger partial charge in [0.25, 0.3) is 0 Å². The first-order chi connectivity index (χ1) is 9.80. The smallest absolute Gasteiger partial charge is 0.138 e. The second-order valence-electron chi connectivity index (χ2n) is 7.63. The van der Waals surface area contributed by atoms with Crippen LogP contribution in [0.25, 0.3) is 0 Å². The van der Waals surface area contributed by atoms with E-state index in [0.29, 0.717) is 18.1 Å². The van der Waals surface area contributed by atoms with Crippen molar-refractivity contribution in [3.8, 4) is 5.75 Å². The highest BCUT2D eigenvalue weighted by Crippen LogP contribution is 2.56. The number of rotatable bonds is 1. The Hall–Kier alpha value is -1.31. The Bertz CT molecular complexity index is 600. The Morgan fingerprint density at radius 3 is 2.57 bits per heavy atom. The molecule has 2 aliphatic carbocycles. The molecule has 0 unspecified atom stereocenters. The van der Waals surface area contributed by atoms with Crippen LogP contribution < -0.4 is 4.74 Å². The second kappa shape index (κ2) is 4.59. The average molecular weight is 286 g/mol. The Kier molecular flexibility index (Phi) is 3.20. The van der Waals surface area contributed by atoms with Crippen LogP contribution in [0.3, 0.4) is 0 Å². The summed E-state index contributed by atoms with van der Waals surface area (Å²) in [7, 11) is 1.74. The number of Topliss-reactive ketones (excluding diaryl/α,β-unsaturated/α-hetero) is 1. The van der Waals surface area contributed by atoms with Crippen molar-refractivity contribution in [1.82, 2.24) is 0 Å². The van der Waals surface area contributed by atoms with Gasteiger partial charge in [0.2, 0.25) is 0 Å². The van der Waals surface area contributed by atoms with Crippen LogP contribution in [-0.4, -0.2) is 12.9 Å². The van der Waals surface area contributed by atoms with E-state index < -0.39 is 0 Å². The van der Waals surface area contributed by atoms with E-state index in [-0.39, 0.29) is 10.8 Å². The Morgan fingerprint density at radius 1 is 1.19 bits per heavy atom. The van der Waals surface area contributed by atoms with Gasteiger partial charge in [-0.3, -0.25) is 4.79 Å². The number of ether oxygens (including phenoxy) is 1. The molecule has 3 rings (SSSR count). The second-order valence-corrected chi connectivity index (χ2v) is 7.63. The fourth-order valence-electron chi connectivity index (χ4n) is 4.87. The van der Waals surface area contributed by atoms with E-state index in [1.165, 1.54) is 16.7 Å². The van der Waals surface area contributed by atoms with Gasteiger partial charge in [-0.05, 0) is 60.3 Å². The van der Waals surface area contributed by atoms with Crippen molar-refractivity contribution in [2.75, 3.05) is 7.11 Å². The van der Waals surface area contributed by atoms with Crippen molar-refractivity contribution in [2.45, 2.75) is 58.8 Å². The number of fused-ring (bicyclic) bond motifs is 3. The van der Waals surface area contributed by atoms with Crippen LogP contribution >= 0.6 is 0 Å². The highest BCUT2D eigenvalue weighted by molar-refractivity contribution is 5.86. The summed E-state index contributed by atoms with van der Waals surface area (Å²) in [5.74, 6) is 1.85. The first kappa shape index (κ1) is 14.6. The number of hydrogen-bond acceptors (Lipinski definition) is 2. The number of aryl methyl sites for hydroxylation is 2. The first-order valence-electron chi connectivity index (χ1n) is 8.02. The molecule has 1 saturated carbocycles. The lowest BCUT2D eigenvalue weighted by molar-refractivity contribution is -0.137. The minimum Gasteiger partial charge on any atom is -0.496 e. The fourth-order valence-corrected chi connectivity index (χ4v) is 4.87. The molecule has 2 atom stereocenters. The van der Waals surface area contributed by atoms with Crippen LogP contribution in [0.1, 0.15) is 56.7 Å². The lowest BCUT2D eigenvalue weighted by Crippen LogP contribution is -2.52. The van der Waals surface area contributed by atoms with Crippen molar-refractivity contribution in [3.05, 3.63) is 28.8 Å². The maximum absolute atomic E-state index is 12.4. The van der Waals surface area contributed by atoms with Gasteiger partial charge < -0.3 is 4.74 Å². The van der Waals surface area contributed by atoms with Crippen LogP contribution in [0.4, 0.5) is 0 Å². The average Bonchev–Trinajstić information content (AvgIpc) is 2.43. The van der Waals surface area contributed by atoms with E-state index in [0.717, 1.165) is 25.0 Å². The van der Waals surface area contributed by atoms with Gasteiger partial charge in [0.1, 0.15) is 11.5 Å². The summed E-state index contributed by atoms with van der Waals surface area (Å²) in [6.45, 7) is 8.77. The normalized spacial score (nSPS) is 30.5. The minimum absolute atomic E-state index is 0.103. The van der Waals surface area contributed by atoms with E-state index >= 15 is 0 Å². The van der Waals surface area contributed by atoms with Gasteiger partial charge in [-0.25, -0.2) is 0 Å². The standard InChI is InChI=1S/C19H26O2/c1-12-10-13-6-7-16-18(2,3)17(20)8-9-19(16,4)14(13)11-15(12)21-5/h10-11,16H,6-9H2,1-5H3/t16-,19+/m0/s1. The predicted molar refractivity (Wildman–Crippen MR) is 84.9 cm³/mol. The molecule has 1 fully saturated rings. The SMILES string of the molecule is COc1cc2c(cc1C)CC[C@H]1C(C)(C)C(=O)CC[C@]21C. The van der Waals surface area contributed by atoms with Gasteiger partial charge in [0.15, 0.2) is 0 Å². The topological polar surface area (TPSA) is 26.3 Å². The third kappa shape index (κ3) is 1.95. The zero-order valence-electron chi connectivity index (χ0n) is 13.9. The van der Waals surface area contributed by atoms with Crippen molar-refractivity contribution in [1.29, 1.82) is 0 Å². The molecule has 0 saturated heterocycles. The number of hydrogen-bond donors (Lipinski definition) is 0. The highest BCUT2D eigenvalue weighted by Gasteiger charge is 2.53. The third-order valence-electron chi connectivity index (χ3n) is 6.17. The van der Waals surface area contributed by atoms with E-state index in [2.05, 4.69) is 39.8 Å². The maximum Gasteiger partial charge on any atom is 0.138 e. The minimum atomic E-state index is -0.206. The Labute approximate surface area is 127 Å². The Morgan fingerprint density at radius 2 is 1.90 bits per heavy atom. The summed E-state index contributed by atoms with van der Waals surface area (Å²) in [5.41, 5.74) is 3.98. The van der Waals surface area contributed by atoms with Crippen LogP contribution in [0.5, 0.6) is 5.75 Å². The number of ketones is 1. The molecular formula is C19H26O2. The highest BCUT2D eigenvalue weighted by atomic mass is 16.5. The lowest BCUT2D eigenvalue weighted by atomic mass is 9.50. The molecule has 0 heterocycles. The van der Waals surface area contributed by atoms with Crippen LogP contribution in [0, 0.1) is 18.3 Å². The number of methoxy groups -OCH3 is 1. The third-order valence-corrected chi connectivity index (χ3v) is 6.17. The van der Waals surface area contributed by atoms with Crippen molar-refractivity contribution in [2.24, 2.45) is 11.3 Å². The molecular weight excluding hydrogens is 260 g/mol. The molecule has 114 valence electrons. The molecule has 0 radical (unpaired) electrons. The molecule has 21 heavy (non-hydrogen) atoms. The molecule has 1 aromatic rings. The molecule has 2 nitrogen and oxygen atoms in total. The van der Waals surface area contributed by atoms with Crippen molar-refractivity contribution in [3.63, 3.8) is 0 Å². The zero-order chi connectivity index (χ0) is 15.4. The molecule has 2 heteroatoms. The largest absolute Gasteiger partial charge is 0.496 e.